The number of carbonyl (C=O) groups excluding carboxylic acids is 1. The molecule has 34 heavy (non-hydrogen) atoms. The van der Waals surface area contributed by atoms with Crippen LogP contribution in [0.3, 0.4) is 0 Å². The molecule has 0 aliphatic carbocycles. The minimum absolute atomic E-state index is 0.356. The number of aliphatic imine (C=N–C) groups is 1. The van der Waals surface area contributed by atoms with Gasteiger partial charge >= 0.3 is 5.97 Å². The number of ether oxygens (including phenoxy) is 1. The average Bonchev–Trinajstić information content (AvgIpc) is 2.87. The van der Waals surface area contributed by atoms with Gasteiger partial charge in [0.15, 0.2) is 5.96 Å². The van der Waals surface area contributed by atoms with Gasteiger partial charge in [0.05, 0.1) is 25.3 Å². The molecule has 4 rings (SSSR count). The Labute approximate surface area is 208 Å². The number of pyridine rings is 1. The van der Waals surface area contributed by atoms with Gasteiger partial charge in [-0.1, -0.05) is 64.5 Å². The number of esters is 1. The fraction of sp³-hybridized carbons (Fsp3) is 0.222. The Morgan fingerprint density at radius 3 is 2.50 bits per heavy atom. The number of guanidine groups is 1. The number of methoxy groups -OCH3 is 1. The Kier molecular flexibility index (Phi) is 7.75. The summed E-state index contributed by atoms with van der Waals surface area (Å²) in [6.07, 6.45) is 4.40. The fourth-order valence-electron chi connectivity index (χ4n) is 4.00. The van der Waals surface area contributed by atoms with Gasteiger partial charge in [0, 0.05) is 29.1 Å². The van der Waals surface area contributed by atoms with E-state index in [9.17, 15) is 4.79 Å². The SMILES string of the molecule is COC(=O)C1=C(C)N(Cc2ccccc2)C(=NCCc2cccnc2)N[C@H]1c1ccc(Br)cc1. The molecule has 2 aromatic carbocycles. The molecule has 1 N–H and O–H groups in total. The van der Waals surface area contributed by atoms with E-state index in [0.29, 0.717) is 18.7 Å². The van der Waals surface area contributed by atoms with E-state index in [-0.39, 0.29) is 12.0 Å². The third-order valence-corrected chi connectivity index (χ3v) is 6.32. The van der Waals surface area contributed by atoms with E-state index < -0.39 is 0 Å². The smallest absolute Gasteiger partial charge is 0.337 e. The first-order chi connectivity index (χ1) is 16.6. The van der Waals surface area contributed by atoms with Crippen LogP contribution in [0.15, 0.2) is 99.9 Å². The molecule has 0 fully saturated rings. The third-order valence-electron chi connectivity index (χ3n) is 5.79. The Morgan fingerprint density at radius 2 is 1.82 bits per heavy atom. The lowest BCUT2D eigenvalue weighted by Gasteiger charge is -2.38. The molecule has 6 nitrogen and oxygen atoms in total. The normalized spacial score (nSPS) is 17.0. The van der Waals surface area contributed by atoms with Crippen molar-refractivity contribution in [1.82, 2.24) is 15.2 Å². The van der Waals surface area contributed by atoms with E-state index >= 15 is 0 Å². The van der Waals surface area contributed by atoms with Crippen LogP contribution in [0.25, 0.3) is 0 Å². The van der Waals surface area contributed by atoms with Crippen LogP contribution in [-0.2, 0) is 22.5 Å². The van der Waals surface area contributed by atoms with Gasteiger partial charge in [0.25, 0.3) is 0 Å². The number of nitrogens with zero attached hydrogens (tertiary/aromatic N) is 3. The summed E-state index contributed by atoms with van der Waals surface area (Å²) in [4.78, 5) is 24.1. The first-order valence-electron chi connectivity index (χ1n) is 11.1. The molecule has 174 valence electrons. The van der Waals surface area contributed by atoms with Gasteiger partial charge in [-0.2, -0.15) is 0 Å². The van der Waals surface area contributed by atoms with E-state index in [1.54, 1.807) is 6.20 Å². The predicted octanol–water partition coefficient (Wildman–Crippen LogP) is 5.04. The van der Waals surface area contributed by atoms with Crippen molar-refractivity contribution in [3.05, 3.63) is 112 Å². The summed E-state index contributed by atoms with van der Waals surface area (Å²) in [6.45, 7) is 3.13. The second-order valence-electron chi connectivity index (χ2n) is 8.01. The first kappa shape index (κ1) is 23.7. The molecule has 7 heteroatoms. The molecule has 0 amide bonds. The summed E-state index contributed by atoms with van der Waals surface area (Å²) in [5.41, 5.74) is 4.61. The molecular weight excluding hydrogens is 492 g/mol. The maximum absolute atomic E-state index is 12.9. The zero-order chi connectivity index (χ0) is 23.9. The lowest BCUT2D eigenvalue weighted by molar-refractivity contribution is -0.136. The molecule has 1 aliphatic heterocycles. The number of halogens is 1. The van der Waals surface area contributed by atoms with Crippen molar-refractivity contribution in [2.75, 3.05) is 13.7 Å². The van der Waals surface area contributed by atoms with Gasteiger partial charge in [-0.05, 0) is 48.2 Å². The highest BCUT2D eigenvalue weighted by Crippen LogP contribution is 2.32. The third kappa shape index (κ3) is 5.54. The quantitative estimate of drug-likeness (QED) is 0.444. The zero-order valence-corrected chi connectivity index (χ0v) is 20.8. The van der Waals surface area contributed by atoms with E-state index in [1.165, 1.54) is 7.11 Å². The highest BCUT2D eigenvalue weighted by Gasteiger charge is 2.35. The standard InChI is InChI=1S/C27H27BrN4O2/c1-19-24(26(33)34-2)25(22-10-12-23(28)13-11-22)31-27(30-16-14-20-9-6-15-29-17-20)32(19)18-21-7-4-3-5-8-21/h3-13,15,17,25H,14,16,18H2,1-2H3,(H,30,31)/t25-/m0/s1. The monoisotopic (exact) mass is 518 g/mol. The summed E-state index contributed by atoms with van der Waals surface area (Å²) in [5, 5.41) is 3.53. The number of aromatic nitrogens is 1. The van der Waals surface area contributed by atoms with E-state index in [2.05, 4.69) is 43.3 Å². The van der Waals surface area contributed by atoms with Crippen LogP contribution in [-0.4, -0.2) is 35.5 Å². The minimum atomic E-state index is -0.371. The van der Waals surface area contributed by atoms with E-state index in [0.717, 1.165) is 39.2 Å². The number of hydrogen-bond donors (Lipinski definition) is 1. The number of rotatable bonds is 7. The topological polar surface area (TPSA) is 66.8 Å². The minimum Gasteiger partial charge on any atom is -0.466 e. The molecule has 0 radical (unpaired) electrons. The van der Waals surface area contributed by atoms with Crippen LogP contribution in [0.5, 0.6) is 0 Å². The largest absolute Gasteiger partial charge is 0.466 e. The molecule has 3 aromatic rings. The summed E-state index contributed by atoms with van der Waals surface area (Å²) < 4.78 is 6.16. The van der Waals surface area contributed by atoms with Gasteiger partial charge < -0.3 is 15.0 Å². The molecule has 1 aliphatic rings. The van der Waals surface area contributed by atoms with E-state index in [1.807, 2.05) is 67.7 Å². The Balaban J connectivity index is 1.73. The Hall–Kier alpha value is -3.45. The van der Waals surface area contributed by atoms with Gasteiger partial charge in [-0.25, -0.2) is 4.79 Å². The van der Waals surface area contributed by atoms with E-state index in [4.69, 9.17) is 9.73 Å². The number of benzene rings is 2. The maximum atomic E-state index is 12.9. The van der Waals surface area contributed by atoms with Gasteiger partial charge in [0.1, 0.15) is 0 Å². The highest BCUT2D eigenvalue weighted by molar-refractivity contribution is 9.10. The van der Waals surface area contributed by atoms with Crippen LogP contribution >= 0.6 is 15.9 Å². The Bertz CT molecular complexity index is 1180. The average molecular weight is 519 g/mol. The molecule has 0 saturated heterocycles. The molecule has 1 aromatic heterocycles. The molecule has 0 saturated carbocycles. The molecular formula is C27H27BrN4O2. The number of hydrogen-bond acceptors (Lipinski definition) is 4. The molecule has 2 heterocycles. The molecule has 1 atom stereocenters. The number of nitrogens with one attached hydrogen (secondary N) is 1. The second-order valence-corrected chi connectivity index (χ2v) is 8.92. The Morgan fingerprint density at radius 1 is 1.09 bits per heavy atom. The van der Waals surface area contributed by atoms with Crippen LogP contribution in [0, 0.1) is 0 Å². The van der Waals surface area contributed by atoms with Crippen LogP contribution in [0.4, 0.5) is 0 Å². The van der Waals surface area contributed by atoms with Crippen molar-refractivity contribution in [1.29, 1.82) is 0 Å². The van der Waals surface area contributed by atoms with Gasteiger partial charge in [-0.3, -0.25) is 9.98 Å². The summed E-state index contributed by atoms with van der Waals surface area (Å²) in [6, 6.07) is 21.7. The summed E-state index contributed by atoms with van der Waals surface area (Å²) >= 11 is 3.49. The van der Waals surface area contributed by atoms with Crippen molar-refractivity contribution in [2.45, 2.75) is 25.9 Å². The lowest BCUT2D eigenvalue weighted by Crippen LogP contribution is -2.48. The van der Waals surface area contributed by atoms with Crippen LogP contribution in [0.1, 0.15) is 29.7 Å². The number of allylic oxidation sites excluding steroid dienone is 1. The van der Waals surface area contributed by atoms with Gasteiger partial charge in [-0.15, -0.1) is 0 Å². The van der Waals surface area contributed by atoms with Crippen molar-refractivity contribution in [2.24, 2.45) is 4.99 Å². The zero-order valence-electron chi connectivity index (χ0n) is 19.2. The van der Waals surface area contributed by atoms with Gasteiger partial charge in [0.2, 0.25) is 0 Å². The second kappa shape index (κ2) is 11.1. The predicted molar refractivity (Wildman–Crippen MR) is 137 cm³/mol. The first-order valence-corrected chi connectivity index (χ1v) is 11.9. The van der Waals surface area contributed by atoms with Crippen molar-refractivity contribution < 1.29 is 9.53 Å². The maximum Gasteiger partial charge on any atom is 0.337 e. The highest BCUT2D eigenvalue weighted by atomic mass is 79.9. The van der Waals surface area contributed by atoms with Crippen molar-refractivity contribution in [3.63, 3.8) is 0 Å². The van der Waals surface area contributed by atoms with Crippen molar-refractivity contribution >= 4 is 27.9 Å². The molecule has 0 spiro atoms. The summed E-state index contributed by atoms with van der Waals surface area (Å²) in [7, 11) is 1.42. The fourth-order valence-corrected chi connectivity index (χ4v) is 4.26. The lowest BCUT2D eigenvalue weighted by atomic mass is 9.94. The number of carbonyl (C=O) groups is 1. The molecule has 0 bridgehead atoms. The summed E-state index contributed by atoms with van der Waals surface area (Å²) in [5.74, 6) is 0.371. The molecule has 0 unspecified atom stereocenters. The van der Waals surface area contributed by atoms with Crippen LogP contribution in [0.2, 0.25) is 0 Å². The van der Waals surface area contributed by atoms with Crippen molar-refractivity contribution in [3.8, 4) is 0 Å². The van der Waals surface area contributed by atoms with Crippen LogP contribution < -0.4 is 5.32 Å².